The van der Waals surface area contributed by atoms with Crippen molar-refractivity contribution in [2.24, 2.45) is 0 Å². The SMILES string of the molecule is O=C(Cn1nc(-c2ccccc2F)ccc1=O)Nc1cccc(F)c1. The summed E-state index contributed by atoms with van der Waals surface area (Å²) in [5, 5.41) is 6.51. The van der Waals surface area contributed by atoms with Gasteiger partial charge in [-0.1, -0.05) is 18.2 Å². The minimum Gasteiger partial charge on any atom is -0.324 e. The van der Waals surface area contributed by atoms with E-state index < -0.39 is 23.1 Å². The van der Waals surface area contributed by atoms with Crippen LogP contribution in [0.15, 0.2) is 65.5 Å². The van der Waals surface area contributed by atoms with Gasteiger partial charge >= 0.3 is 0 Å². The van der Waals surface area contributed by atoms with Crippen LogP contribution >= 0.6 is 0 Å². The molecule has 25 heavy (non-hydrogen) atoms. The summed E-state index contributed by atoms with van der Waals surface area (Å²) in [5.41, 5.74) is 0.218. The van der Waals surface area contributed by atoms with E-state index in [0.29, 0.717) is 0 Å². The highest BCUT2D eigenvalue weighted by Crippen LogP contribution is 2.18. The van der Waals surface area contributed by atoms with Crippen molar-refractivity contribution in [2.45, 2.75) is 6.54 Å². The first-order valence-electron chi connectivity index (χ1n) is 7.41. The van der Waals surface area contributed by atoms with E-state index >= 15 is 0 Å². The quantitative estimate of drug-likeness (QED) is 0.794. The number of nitrogens with zero attached hydrogens (tertiary/aromatic N) is 2. The maximum Gasteiger partial charge on any atom is 0.267 e. The van der Waals surface area contributed by atoms with E-state index in [4.69, 9.17) is 0 Å². The molecule has 0 aliphatic carbocycles. The van der Waals surface area contributed by atoms with Gasteiger partial charge in [0.2, 0.25) is 5.91 Å². The molecule has 3 aromatic rings. The molecule has 5 nitrogen and oxygen atoms in total. The number of rotatable bonds is 4. The first-order chi connectivity index (χ1) is 12.0. The molecule has 1 amide bonds. The van der Waals surface area contributed by atoms with Crippen molar-refractivity contribution in [3.63, 3.8) is 0 Å². The highest BCUT2D eigenvalue weighted by Gasteiger charge is 2.11. The van der Waals surface area contributed by atoms with Crippen LogP contribution in [0.1, 0.15) is 0 Å². The van der Waals surface area contributed by atoms with Crippen molar-refractivity contribution < 1.29 is 13.6 Å². The minimum atomic E-state index is -0.550. The van der Waals surface area contributed by atoms with Gasteiger partial charge in [0.1, 0.15) is 18.2 Å². The lowest BCUT2D eigenvalue weighted by Gasteiger charge is -2.09. The summed E-state index contributed by atoms with van der Waals surface area (Å²) in [6.45, 7) is -0.377. The molecule has 0 spiro atoms. The highest BCUT2D eigenvalue weighted by molar-refractivity contribution is 5.90. The Morgan fingerprint density at radius 1 is 1.04 bits per heavy atom. The van der Waals surface area contributed by atoms with Crippen molar-refractivity contribution in [1.29, 1.82) is 0 Å². The zero-order chi connectivity index (χ0) is 17.8. The van der Waals surface area contributed by atoms with Crippen molar-refractivity contribution >= 4 is 11.6 Å². The average molecular weight is 341 g/mol. The molecule has 0 fully saturated rings. The Balaban J connectivity index is 1.83. The molecular weight excluding hydrogens is 328 g/mol. The molecule has 0 radical (unpaired) electrons. The Kier molecular flexibility index (Phi) is 4.65. The summed E-state index contributed by atoms with van der Waals surface area (Å²) >= 11 is 0. The van der Waals surface area contributed by atoms with E-state index in [2.05, 4.69) is 10.4 Å². The molecule has 7 heteroatoms. The second-order valence-corrected chi connectivity index (χ2v) is 5.25. The lowest BCUT2D eigenvalue weighted by molar-refractivity contribution is -0.117. The number of nitrogens with one attached hydrogen (secondary N) is 1. The van der Waals surface area contributed by atoms with Crippen LogP contribution in [0.4, 0.5) is 14.5 Å². The summed E-state index contributed by atoms with van der Waals surface area (Å²) in [5.74, 6) is -1.52. The van der Waals surface area contributed by atoms with Crippen molar-refractivity contribution in [1.82, 2.24) is 9.78 Å². The fourth-order valence-corrected chi connectivity index (χ4v) is 2.28. The van der Waals surface area contributed by atoms with E-state index in [9.17, 15) is 18.4 Å². The van der Waals surface area contributed by atoms with E-state index in [-0.39, 0.29) is 23.5 Å². The summed E-state index contributed by atoms with van der Waals surface area (Å²) in [6.07, 6.45) is 0. The molecule has 2 aromatic carbocycles. The van der Waals surface area contributed by atoms with Crippen LogP contribution in [-0.2, 0) is 11.3 Å². The number of aromatic nitrogens is 2. The average Bonchev–Trinajstić information content (AvgIpc) is 2.57. The van der Waals surface area contributed by atoms with E-state index in [1.165, 1.54) is 42.5 Å². The molecule has 1 heterocycles. The van der Waals surface area contributed by atoms with Gasteiger partial charge in [0.15, 0.2) is 0 Å². The summed E-state index contributed by atoms with van der Waals surface area (Å²) in [7, 11) is 0. The fourth-order valence-electron chi connectivity index (χ4n) is 2.28. The van der Waals surface area contributed by atoms with Gasteiger partial charge in [-0.3, -0.25) is 9.59 Å². The van der Waals surface area contributed by atoms with Gasteiger partial charge in [-0.05, 0) is 36.4 Å². The van der Waals surface area contributed by atoms with Gasteiger partial charge < -0.3 is 5.32 Å². The Morgan fingerprint density at radius 3 is 2.60 bits per heavy atom. The van der Waals surface area contributed by atoms with Gasteiger partial charge in [-0.25, -0.2) is 13.5 Å². The predicted octanol–water partition coefficient (Wildman–Crippen LogP) is 2.83. The Morgan fingerprint density at radius 2 is 1.84 bits per heavy atom. The normalized spacial score (nSPS) is 10.5. The number of amides is 1. The molecule has 0 bridgehead atoms. The maximum absolute atomic E-state index is 13.9. The summed E-state index contributed by atoms with van der Waals surface area (Å²) in [6, 6.07) is 14.0. The van der Waals surface area contributed by atoms with Crippen molar-refractivity contribution in [3.05, 3.63) is 82.7 Å². The summed E-state index contributed by atoms with van der Waals surface area (Å²) in [4.78, 5) is 23.9. The summed E-state index contributed by atoms with van der Waals surface area (Å²) < 4.78 is 27.9. The maximum atomic E-state index is 13.9. The number of carbonyl (C=O) groups is 1. The molecule has 0 unspecified atom stereocenters. The Hall–Kier alpha value is -3.35. The molecule has 1 N–H and O–H groups in total. The molecule has 0 saturated heterocycles. The number of benzene rings is 2. The second kappa shape index (κ2) is 7.04. The number of halogens is 2. The third-order valence-electron chi connectivity index (χ3n) is 3.42. The molecule has 126 valence electrons. The molecule has 0 saturated carbocycles. The zero-order valence-electron chi connectivity index (χ0n) is 12.9. The smallest absolute Gasteiger partial charge is 0.267 e. The van der Waals surface area contributed by atoms with E-state index in [0.717, 1.165) is 10.7 Å². The monoisotopic (exact) mass is 341 g/mol. The molecule has 0 atom stereocenters. The van der Waals surface area contributed by atoms with Crippen LogP contribution in [0.2, 0.25) is 0 Å². The molecular formula is C18H13F2N3O2. The highest BCUT2D eigenvalue weighted by atomic mass is 19.1. The van der Waals surface area contributed by atoms with Gasteiger partial charge in [-0.15, -0.1) is 0 Å². The van der Waals surface area contributed by atoms with Gasteiger partial charge in [0.05, 0.1) is 5.69 Å². The van der Waals surface area contributed by atoms with Crippen molar-refractivity contribution in [3.8, 4) is 11.3 Å². The Labute approximate surface area is 141 Å². The van der Waals surface area contributed by atoms with Crippen LogP contribution in [-0.4, -0.2) is 15.7 Å². The van der Waals surface area contributed by atoms with E-state index in [1.54, 1.807) is 12.1 Å². The van der Waals surface area contributed by atoms with Crippen LogP contribution in [0, 0.1) is 11.6 Å². The zero-order valence-corrected chi connectivity index (χ0v) is 12.9. The standard InChI is InChI=1S/C18H13F2N3O2/c19-12-4-3-5-13(10-12)21-17(24)11-23-18(25)9-8-16(22-23)14-6-1-2-7-15(14)20/h1-10H,11H2,(H,21,24). The molecule has 3 rings (SSSR count). The second-order valence-electron chi connectivity index (χ2n) is 5.25. The topological polar surface area (TPSA) is 64.0 Å². The largest absolute Gasteiger partial charge is 0.324 e. The van der Waals surface area contributed by atoms with Crippen molar-refractivity contribution in [2.75, 3.05) is 5.32 Å². The van der Waals surface area contributed by atoms with Gasteiger partial charge in [-0.2, -0.15) is 5.10 Å². The predicted molar refractivity (Wildman–Crippen MR) is 88.9 cm³/mol. The number of anilines is 1. The van der Waals surface area contributed by atoms with Crippen LogP contribution in [0.3, 0.4) is 0 Å². The lowest BCUT2D eigenvalue weighted by Crippen LogP contribution is -2.29. The number of carbonyl (C=O) groups excluding carboxylic acids is 1. The Bertz CT molecular complexity index is 986. The van der Waals surface area contributed by atoms with Gasteiger partial charge in [0.25, 0.3) is 5.56 Å². The molecule has 0 aliphatic heterocycles. The third kappa shape index (κ3) is 3.95. The number of hydrogen-bond donors (Lipinski definition) is 1. The first kappa shape index (κ1) is 16.5. The van der Waals surface area contributed by atoms with Crippen LogP contribution < -0.4 is 10.9 Å². The van der Waals surface area contributed by atoms with Crippen LogP contribution in [0.5, 0.6) is 0 Å². The van der Waals surface area contributed by atoms with Gasteiger partial charge in [0, 0.05) is 17.3 Å². The molecule has 0 aliphatic rings. The lowest BCUT2D eigenvalue weighted by atomic mass is 10.1. The first-order valence-corrected chi connectivity index (χ1v) is 7.41. The fraction of sp³-hybridized carbons (Fsp3) is 0.0556. The van der Waals surface area contributed by atoms with E-state index in [1.807, 2.05) is 0 Å². The molecule has 1 aromatic heterocycles. The number of hydrogen-bond acceptors (Lipinski definition) is 3. The third-order valence-corrected chi connectivity index (χ3v) is 3.42. The minimum absolute atomic E-state index is 0.224. The van der Waals surface area contributed by atoms with Crippen LogP contribution in [0.25, 0.3) is 11.3 Å².